The summed E-state index contributed by atoms with van der Waals surface area (Å²) in [6.45, 7) is 2.96. The van der Waals surface area contributed by atoms with Crippen LogP contribution in [0.25, 0.3) is 0 Å². The van der Waals surface area contributed by atoms with Crippen molar-refractivity contribution in [1.29, 1.82) is 0 Å². The van der Waals surface area contributed by atoms with Gasteiger partial charge in [-0.05, 0) is 31.9 Å². The lowest BCUT2D eigenvalue weighted by molar-refractivity contribution is 0.211. The molecule has 3 heteroatoms. The predicted molar refractivity (Wildman–Crippen MR) is 71.8 cm³/mol. The van der Waals surface area contributed by atoms with Crippen LogP contribution >= 0.6 is 11.6 Å². The molecule has 0 saturated heterocycles. The van der Waals surface area contributed by atoms with E-state index >= 15 is 0 Å². The van der Waals surface area contributed by atoms with Crippen molar-refractivity contribution in [2.24, 2.45) is 0 Å². The van der Waals surface area contributed by atoms with Gasteiger partial charge in [-0.3, -0.25) is 0 Å². The van der Waals surface area contributed by atoms with Crippen molar-refractivity contribution in [1.82, 2.24) is 5.32 Å². The molecule has 0 amide bonds. The molecule has 94 valence electrons. The molecule has 2 rings (SSSR count). The largest absolute Gasteiger partial charge is 0.488 e. The van der Waals surface area contributed by atoms with Gasteiger partial charge >= 0.3 is 0 Å². The van der Waals surface area contributed by atoms with Crippen LogP contribution in [-0.2, 0) is 0 Å². The molecule has 0 aliphatic heterocycles. The molecule has 1 N–H and O–H groups in total. The van der Waals surface area contributed by atoms with Gasteiger partial charge in [-0.2, -0.15) is 0 Å². The van der Waals surface area contributed by atoms with Gasteiger partial charge in [-0.1, -0.05) is 36.6 Å². The summed E-state index contributed by atoms with van der Waals surface area (Å²) in [5.41, 5.74) is 0. The highest BCUT2D eigenvalue weighted by atomic mass is 35.5. The molecule has 0 aromatic heterocycles. The number of hydrogen-bond donors (Lipinski definition) is 1. The Bertz CT molecular complexity index is 350. The fourth-order valence-corrected chi connectivity index (χ4v) is 2.44. The van der Waals surface area contributed by atoms with Crippen LogP contribution in [0.15, 0.2) is 24.3 Å². The average molecular weight is 254 g/mol. The Hall–Kier alpha value is -0.730. The van der Waals surface area contributed by atoms with Gasteiger partial charge in [0, 0.05) is 12.6 Å². The first kappa shape index (κ1) is 12.7. The zero-order valence-corrected chi connectivity index (χ0v) is 11.0. The maximum atomic E-state index is 6.05. The number of ether oxygens (including phenoxy) is 1. The van der Waals surface area contributed by atoms with Crippen molar-refractivity contribution in [2.45, 2.75) is 44.8 Å². The number of benzene rings is 1. The van der Waals surface area contributed by atoms with E-state index in [9.17, 15) is 0 Å². The minimum absolute atomic E-state index is 0.149. The average Bonchev–Trinajstić information content (AvgIpc) is 2.82. The van der Waals surface area contributed by atoms with E-state index in [1.54, 1.807) is 0 Å². The van der Waals surface area contributed by atoms with Crippen LogP contribution in [0.2, 0.25) is 5.02 Å². The first-order valence-corrected chi connectivity index (χ1v) is 6.78. The molecule has 0 radical (unpaired) electrons. The Balaban J connectivity index is 1.76. The fraction of sp³-hybridized carbons (Fsp3) is 0.571. The van der Waals surface area contributed by atoms with Gasteiger partial charge in [-0.25, -0.2) is 0 Å². The van der Waals surface area contributed by atoms with E-state index in [2.05, 4.69) is 12.2 Å². The lowest BCUT2D eigenvalue weighted by Gasteiger charge is -2.19. The van der Waals surface area contributed by atoms with Gasteiger partial charge in [0.2, 0.25) is 0 Å². The Morgan fingerprint density at radius 2 is 2.06 bits per heavy atom. The molecular weight excluding hydrogens is 234 g/mol. The van der Waals surface area contributed by atoms with Crippen LogP contribution in [-0.4, -0.2) is 18.7 Å². The summed E-state index contributed by atoms with van der Waals surface area (Å²) in [4.78, 5) is 0. The highest BCUT2D eigenvalue weighted by Gasteiger charge is 2.15. The first-order valence-electron chi connectivity index (χ1n) is 6.40. The first-order chi connectivity index (χ1) is 8.25. The molecule has 1 aromatic rings. The molecule has 1 atom stereocenters. The zero-order chi connectivity index (χ0) is 12.1. The van der Waals surface area contributed by atoms with E-state index in [0.717, 1.165) is 12.3 Å². The number of halogens is 1. The smallest absolute Gasteiger partial charge is 0.138 e. The summed E-state index contributed by atoms with van der Waals surface area (Å²) in [6.07, 6.45) is 5.47. The third-order valence-electron chi connectivity index (χ3n) is 3.21. The lowest BCUT2D eigenvalue weighted by atomic mass is 10.2. The molecule has 1 aliphatic rings. The molecule has 1 aromatic carbocycles. The Morgan fingerprint density at radius 3 is 2.76 bits per heavy atom. The van der Waals surface area contributed by atoms with E-state index in [1.165, 1.54) is 25.7 Å². The molecule has 1 saturated carbocycles. The van der Waals surface area contributed by atoms with Gasteiger partial charge in [0.25, 0.3) is 0 Å². The second-order valence-electron chi connectivity index (χ2n) is 4.75. The quantitative estimate of drug-likeness (QED) is 0.865. The minimum Gasteiger partial charge on any atom is -0.488 e. The van der Waals surface area contributed by atoms with Gasteiger partial charge < -0.3 is 10.1 Å². The minimum atomic E-state index is 0.149. The van der Waals surface area contributed by atoms with E-state index in [0.29, 0.717) is 11.1 Å². The molecule has 1 unspecified atom stereocenters. The normalized spacial score (nSPS) is 18.2. The molecule has 0 spiro atoms. The van der Waals surface area contributed by atoms with Gasteiger partial charge in [-0.15, -0.1) is 0 Å². The molecule has 1 fully saturated rings. The standard InChI is InChI=1S/C14H20ClNO/c1-11(10-16-12-6-2-3-7-12)17-14-9-5-4-8-13(14)15/h4-5,8-9,11-12,16H,2-3,6-7,10H2,1H3. The SMILES string of the molecule is CC(CNC1CCCC1)Oc1ccccc1Cl. The van der Waals surface area contributed by atoms with Gasteiger partial charge in [0.15, 0.2) is 0 Å². The molecule has 1 aliphatic carbocycles. The number of nitrogens with one attached hydrogen (secondary N) is 1. The van der Waals surface area contributed by atoms with Crippen LogP contribution in [0.3, 0.4) is 0 Å². The van der Waals surface area contributed by atoms with Crippen LogP contribution in [0.4, 0.5) is 0 Å². The van der Waals surface area contributed by atoms with Crippen LogP contribution in [0.5, 0.6) is 5.75 Å². The third-order valence-corrected chi connectivity index (χ3v) is 3.53. The summed E-state index contributed by atoms with van der Waals surface area (Å²) in [7, 11) is 0. The van der Waals surface area contributed by atoms with Crippen molar-refractivity contribution < 1.29 is 4.74 Å². The third kappa shape index (κ3) is 3.90. The topological polar surface area (TPSA) is 21.3 Å². The summed E-state index contributed by atoms with van der Waals surface area (Å²) in [6, 6.07) is 8.31. The van der Waals surface area contributed by atoms with E-state index in [-0.39, 0.29) is 6.10 Å². The maximum absolute atomic E-state index is 6.05. The second kappa shape index (κ2) is 6.27. The Morgan fingerprint density at radius 1 is 1.35 bits per heavy atom. The van der Waals surface area contributed by atoms with Crippen molar-refractivity contribution >= 4 is 11.6 Å². The Kier molecular flexibility index (Phi) is 4.69. The van der Waals surface area contributed by atoms with Crippen molar-refractivity contribution in [3.63, 3.8) is 0 Å². The second-order valence-corrected chi connectivity index (χ2v) is 5.16. The van der Waals surface area contributed by atoms with Crippen molar-refractivity contribution in [3.05, 3.63) is 29.3 Å². The van der Waals surface area contributed by atoms with E-state index < -0.39 is 0 Å². The summed E-state index contributed by atoms with van der Waals surface area (Å²) >= 11 is 6.05. The van der Waals surface area contributed by atoms with Gasteiger partial charge in [0.05, 0.1) is 5.02 Å². The zero-order valence-electron chi connectivity index (χ0n) is 10.3. The predicted octanol–water partition coefficient (Wildman–Crippen LogP) is 3.64. The van der Waals surface area contributed by atoms with Crippen molar-refractivity contribution in [2.75, 3.05) is 6.54 Å². The summed E-state index contributed by atoms with van der Waals surface area (Å²) in [5, 5.41) is 4.23. The number of rotatable bonds is 5. The van der Waals surface area contributed by atoms with Crippen LogP contribution < -0.4 is 10.1 Å². The highest BCUT2D eigenvalue weighted by molar-refractivity contribution is 6.32. The number of hydrogen-bond acceptors (Lipinski definition) is 2. The van der Waals surface area contributed by atoms with Gasteiger partial charge in [0.1, 0.15) is 11.9 Å². The molecule has 2 nitrogen and oxygen atoms in total. The highest BCUT2D eigenvalue weighted by Crippen LogP contribution is 2.24. The summed E-state index contributed by atoms with van der Waals surface area (Å²) in [5.74, 6) is 0.773. The Labute approximate surface area is 108 Å². The summed E-state index contributed by atoms with van der Waals surface area (Å²) < 4.78 is 5.81. The van der Waals surface area contributed by atoms with E-state index in [1.807, 2.05) is 24.3 Å². The van der Waals surface area contributed by atoms with Crippen molar-refractivity contribution in [3.8, 4) is 5.75 Å². The lowest BCUT2D eigenvalue weighted by Crippen LogP contribution is -2.35. The van der Waals surface area contributed by atoms with Crippen LogP contribution in [0, 0.1) is 0 Å². The van der Waals surface area contributed by atoms with Crippen LogP contribution in [0.1, 0.15) is 32.6 Å². The van der Waals surface area contributed by atoms with E-state index in [4.69, 9.17) is 16.3 Å². The molecule has 17 heavy (non-hydrogen) atoms. The fourth-order valence-electron chi connectivity index (χ4n) is 2.26. The maximum Gasteiger partial charge on any atom is 0.138 e. The molecule has 0 bridgehead atoms. The molecule has 0 heterocycles. The number of para-hydroxylation sites is 1. The molecular formula is C14H20ClNO. The monoisotopic (exact) mass is 253 g/mol.